The Hall–Kier alpha value is -0.300. The van der Waals surface area contributed by atoms with Gasteiger partial charge >= 0.3 is 0 Å². The van der Waals surface area contributed by atoms with Gasteiger partial charge in [0.2, 0.25) is 0 Å². The zero-order valence-corrected chi connectivity index (χ0v) is 18.2. The van der Waals surface area contributed by atoms with Crippen LogP contribution in [0, 0.1) is 0 Å². The average Bonchev–Trinajstić information content (AvgIpc) is 2.54. The van der Waals surface area contributed by atoms with E-state index in [1.165, 1.54) is 94.6 Å². The molecule has 0 aliphatic rings. The van der Waals surface area contributed by atoms with E-state index in [0.29, 0.717) is 0 Å². The molecule has 1 heteroatoms. The van der Waals surface area contributed by atoms with Gasteiger partial charge in [0.15, 0.2) is 0 Å². The smallest absolute Gasteiger partial charge is 0.0885 e. The van der Waals surface area contributed by atoms with Crippen molar-refractivity contribution >= 4 is 0 Å². The monoisotopic (exact) mass is 340 g/mol. The van der Waals surface area contributed by atoms with E-state index in [9.17, 15) is 0 Å². The van der Waals surface area contributed by atoms with E-state index < -0.39 is 0 Å². The Morgan fingerprint density at radius 3 is 1.54 bits per heavy atom. The van der Waals surface area contributed by atoms with Gasteiger partial charge in [0.1, 0.15) is 0 Å². The number of allylic oxidation sites excluding steroid dienone is 1. The van der Waals surface area contributed by atoms with Gasteiger partial charge < -0.3 is 4.48 Å². The molecule has 0 aromatic carbocycles. The van der Waals surface area contributed by atoms with Crippen LogP contribution < -0.4 is 0 Å². The van der Waals surface area contributed by atoms with Crippen molar-refractivity contribution < 1.29 is 4.48 Å². The normalized spacial score (nSPS) is 12.4. The maximum Gasteiger partial charge on any atom is 0.0885 e. The van der Waals surface area contributed by atoms with Crippen LogP contribution in [0.1, 0.15) is 112 Å². The third kappa shape index (κ3) is 14.1. The van der Waals surface area contributed by atoms with Crippen LogP contribution in [-0.4, -0.2) is 30.7 Å². The van der Waals surface area contributed by atoms with E-state index in [4.69, 9.17) is 0 Å². The molecule has 0 N–H and O–H groups in total. The molecule has 24 heavy (non-hydrogen) atoms. The largest absolute Gasteiger partial charge is 0.324 e. The van der Waals surface area contributed by atoms with Crippen molar-refractivity contribution in [3.63, 3.8) is 0 Å². The molecule has 0 aromatic heterocycles. The summed E-state index contributed by atoms with van der Waals surface area (Å²) in [6.45, 7) is 17.4. The molecule has 0 fully saturated rings. The van der Waals surface area contributed by atoms with Gasteiger partial charge in [-0.3, -0.25) is 0 Å². The lowest BCUT2D eigenvalue weighted by Crippen LogP contribution is -2.53. The zero-order chi connectivity index (χ0) is 18.7. The second-order valence-electron chi connectivity index (χ2n) is 7.66. The molecular weight excluding hydrogens is 290 g/mol. The Morgan fingerprint density at radius 1 is 0.750 bits per heavy atom. The Bertz CT molecular complexity index is 240. The van der Waals surface area contributed by atoms with Gasteiger partial charge in [-0.05, 0) is 39.0 Å². The Balaban J connectivity index is 0. The Kier molecular flexibility index (Phi) is 20.6. The Morgan fingerprint density at radius 2 is 1.17 bits per heavy atom. The summed E-state index contributed by atoms with van der Waals surface area (Å²) in [7, 11) is 2.51. The SMILES string of the molecule is C=CC.CCCCCCCCCCC(CC)[N+](C)(CCC)CCC. The van der Waals surface area contributed by atoms with Gasteiger partial charge in [0.05, 0.1) is 26.2 Å². The minimum absolute atomic E-state index is 0.894. The lowest BCUT2D eigenvalue weighted by Gasteiger charge is -2.41. The first kappa shape index (κ1) is 25.9. The molecule has 1 atom stereocenters. The number of unbranched alkanes of at least 4 members (excludes halogenated alkanes) is 7. The first-order chi connectivity index (χ1) is 11.6. The molecule has 0 amide bonds. The highest BCUT2D eigenvalue weighted by Crippen LogP contribution is 2.22. The van der Waals surface area contributed by atoms with Gasteiger partial charge in [-0.15, -0.1) is 6.58 Å². The van der Waals surface area contributed by atoms with Crippen molar-refractivity contribution in [2.24, 2.45) is 0 Å². The van der Waals surface area contributed by atoms with Crippen molar-refractivity contribution in [2.45, 2.75) is 118 Å². The van der Waals surface area contributed by atoms with E-state index in [-0.39, 0.29) is 0 Å². The highest BCUT2D eigenvalue weighted by molar-refractivity contribution is 4.59. The molecule has 0 bridgehead atoms. The predicted molar refractivity (Wildman–Crippen MR) is 114 cm³/mol. The van der Waals surface area contributed by atoms with Crippen molar-refractivity contribution in [3.05, 3.63) is 12.7 Å². The first-order valence-corrected chi connectivity index (χ1v) is 11.0. The standard InChI is InChI=1S/C20H44N.C3H6/c1-6-10-11-12-13-14-15-16-17-20(9-4)21(5,18-7-2)19-8-3;1-3-2/h20H,6-19H2,1-5H3;3H,1H2,2H3/q+1;. The lowest BCUT2D eigenvalue weighted by molar-refractivity contribution is -0.934. The molecule has 0 aromatic rings. The van der Waals surface area contributed by atoms with Gasteiger partial charge in [0, 0.05) is 0 Å². The van der Waals surface area contributed by atoms with E-state index in [1.54, 1.807) is 6.08 Å². The van der Waals surface area contributed by atoms with Crippen LogP contribution >= 0.6 is 0 Å². The summed E-state index contributed by atoms with van der Waals surface area (Å²) in [6.07, 6.45) is 18.8. The third-order valence-corrected chi connectivity index (χ3v) is 5.21. The van der Waals surface area contributed by atoms with Crippen molar-refractivity contribution in [3.8, 4) is 0 Å². The van der Waals surface area contributed by atoms with Crippen LogP contribution in [0.15, 0.2) is 12.7 Å². The molecule has 0 heterocycles. The number of quaternary nitrogens is 1. The van der Waals surface area contributed by atoms with E-state index in [1.807, 2.05) is 6.92 Å². The molecule has 1 nitrogen and oxygen atoms in total. The molecule has 146 valence electrons. The maximum atomic E-state index is 3.36. The third-order valence-electron chi connectivity index (χ3n) is 5.21. The Labute approximate surface area is 155 Å². The average molecular weight is 341 g/mol. The molecule has 0 saturated carbocycles. The zero-order valence-electron chi connectivity index (χ0n) is 18.2. The summed E-state index contributed by atoms with van der Waals surface area (Å²) < 4.78 is 1.32. The quantitative estimate of drug-likeness (QED) is 0.162. The van der Waals surface area contributed by atoms with Crippen LogP contribution in [0.2, 0.25) is 0 Å². The van der Waals surface area contributed by atoms with Gasteiger partial charge in [-0.25, -0.2) is 0 Å². The number of hydrogen-bond acceptors (Lipinski definition) is 0. The minimum atomic E-state index is 0.894. The molecule has 0 rings (SSSR count). The lowest BCUT2D eigenvalue weighted by atomic mass is 10.00. The predicted octanol–water partition coefficient (Wildman–Crippen LogP) is 7.75. The fraction of sp³-hybridized carbons (Fsp3) is 0.913. The highest BCUT2D eigenvalue weighted by Gasteiger charge is 2.28. The van der Waals surface area contributed by atoms with Crippen molar-refractivity contribution in [1.82, 2.24) is 0 Å². The van der Waals surface area contributed by atoms with Crippen LogP contribution in [0.25, 0.3) is 0 Å². The second kappa shape index (κ2) is 19.0. The summed E-state index contributed by atoms with van der Waals surface area (Å²) in [5.74, 6) is 0. The molecule has 0 radical (unpaired) electrons. The van der Waals surface area contributed by atoms with Gasteiger partial charge in [-0.2, -0.15) is 0 Å². The van der Waals surface area contributed by atoms with E-state index >= 15 is 0 Å². The van der Waals surface area contributed by atoms with Crippen molar-refractivity contribution in [2.75, 3.05) is 20.1 Å². The van der Waals surface area contributed by atoms with Crippen LogP contribution in [0.3, 0.4) is 0 Å². The molecule has 0 aliphatic heterocycles. The summed E-state index contributed by atoms with van der Waals surface area (Å²) in [4.78, 5) is 0. The number of hydrogen-bond donors (Lipinski definition) is 0. The molecule has 0 spiro atoms. The molecule has 1 unspecified atom stereocenters. The van der Waals surface area contributed by atoms with E-state index in [0.717, 1.165) is 6.04 Å². The first-order valence-electron chi connectivity index (χ1n) is 11.0. The topological polar surface area (TPSA) is 0 Å². The van der Waals surface area contributed by atoms with Crippen LogP contribution in [0.5, 0.6) is 0 Å². The number of nitrogens with zero attached hydrogens (tertiary/aromatic N) is 1. The summed E-state index contributed by atoms with van der Waals surface area (Å²) in [6, 6.07) is 0.894. The van der Waals surface area contributed by atoms with E-state index in [2.05, 4.69) is 41.3 Å². The molecular formula is C23H50N+. The second-order valence-corrected chi connectivity index (χ2v) is 7.66. The summed E-state index contributed by atoms with van der Waals surface area (Å²) in [5.41, 5.74) is 0. The number of rotatable bonds is 15. The minimum Gasteiger partial charge on any atom is -0.324 e. The fourth-order valence-electron chi connectivity index (χ4n) is 3.97. The summed E-state index contributed by atoms with van der Waals surface area (Å²) in [5, 5.41) is 0. The van der Waals surface area contributed by atoms with Crippen LogP contribution in [0.4, 0.5) is 0 Å². The van der Waals surface area contributed by atoms with Crippen molar-refractivity contribution in [1.29, 1.82) is 0 Å². The maximum absolute atomic E-state index is 3.36. The summed E-state index contributed by atoms with van der Waals surface area (Å²) >= 11 is 0. The highest BCUT2D eigenvalue weighted by atomic mass is 15.3. The molecule has 0 aliphatic carbocycles. The van der Waals surface area contributed by atoms with Crippen LogP contribution in [-0.2, 0) is 0 Å². The molecule has 0 saturated heterocycles. The van der Waals surface area contributed by atoms with Gasteiger partial charge in [0.25, 0.3) is 0 Å². The van der Waals surface area contributed by atoms with Gasteiger partial charge in [-0.1, -0.05) is 78.7 Å². The fourth-order valence-corrected chi connectivity index (χ4v) is 3.97.